The number of ether oxygens (including phenoxy) is 1. The summed E-state index contributed by atoms with van der Waals surface area (Å²) in [4.78, 5) is 0. The van der Waals surface area contributed by atoms with Crippen molar-refractivity contribution < 1.29 is 4.74 Å². The zero-order chi connectivity index (χ0) is 15.8. The third kappa shape index (κ3) is 5.17. The maximum Gasteiger partial charge on any atom is 0.119 e. The molecule has 0 fully saturated rings. The molecule has 3 nitrogen and oxygen atoms in total. The first-order valence-electron chi connectivity index (χ1n) is 7.96. The van der Waals surface area contributed by atoms with E-state index in [1.807, 2.05) is 30.3 Å². The first kappa shape index (κ1) is 16.5. The highest BCUT2D eigenvalue weighted by Gasteiger charge is 2.12. The molecule has 0 saturated heterocycles. The van der Waals surface area contributed by atoms with E-state index in [1.54, 1.807) is 0 Å². The highest BCUT2D eigenvalue weighted by molar-refractivity contribution is 5.28. The Kier molecular flexibility index (Phi) is 6.44. The maximum atomic E-state index is 6.15. The van der Waals surface area contributed by atoms with Crippen molar-refractivity contribution in [1.82, 2.24) is 0 Å². The van der Waals surface area contributed by atoms with Crippen LogP contribution in [0.3, 0.4) is 0 Å². The predicted molar refractivity (Wildman–Crippen MR) is 91.8 cm³/mol. The molecule has 2 aromatic rings. The van der Waals surface area contributed by atoms with Crippen molar-refractivity contribution in [3.63, 3.8) is 0 Å². The molecule has 0 aromatic heterocycles. The lowest BCUT2D eigenvalue weighted by molar-refractivity contribution is 0.306. The fraction of sp³-hybridized carbons (Fsp3) is 0.368. The Morgan fingerprint density at radius 2 is 1.55 bits per heavy atom. The van der Waals surface area contributed by atoms with Gasteiger partial charge in [0.15, 0.2) is 0 Å². The minimum Gasteiger partial charge on any atom is -0.489 e. The van der Waals surface area contributed by atoms with Crippen molar-refractivity contribution in [3.8, 4) is 5.75 Å². The Morgan fingerprint density at radius 3 is 2.18 bits per heavy atom. The minimum atomic E-state index is 0.0102. The molecule has 2 rings (SSSR count). The highest BCUT2D eigenvalue weighted by Crippen LogP contribution is 2.16. The summed E-state index contributed by atoms with van der Waals surface area (Å²) in [6.45, 7) is 2.71. The van der Waals surface area contributed by atoms with Crippen LogP contribution in [0.5, 0.6) is 5.75 Å². The van der Waals surface area contributed by atoms with E-state index in [9.17, 15) is 0 Å². The standard InChI is InChI=1S/C19H26N2O/c1-2-6-18(20)19(21)13-15-9-11-17(12-10-15)22-14-16-7-4-3-5-8-16/h3-5,7-12,18-19H,2,6,13-14,20-21H2,1H3. The monoisotopic (exact) mass is 298 g/mol. The molecule has 0 amide bonds. The SMILES string of the molecule is CCCC(N)C(N)Cc1ccc(OCc2ccccc2)cc1. The van der Waals surface area contributed by atoms with E-state index in [4.69, 9.17) is 16.2 Å². The van der Waals surface area contributed by atoms with Gasteiger partial charge in [0, 0.05) is 12.1 Å². The molecule has 22 heavy (non-hydrogen) atoms. The molecule has 118 valence electrons. The topological polar surface area (TPSA) is 61.3 Å². The summed E-state index contributed by atoms with van der Waals surface area (Å²) in [5, 5.41) is 0. The molecule has 3 heteroatoms. The Morgan fingerprint density at radius 1 is 0.864 bits per heavy atom. The van der Waals surface area contributed by atoms with Crippen LogP contribution in [-0.2, 0) is 13.0 Å². The average Bonchev–Trinajstić information content (AvgIpc) is 2.55. The normalized spacial score (nSPS) is 13.6. The number of hydrogen-bond acceptors (Lipinski definition) is 3. The summed E-state index contributed by atoms with van der Waals surface area (Å²) < 4.78 is 5.78. The van der Waals surface area contributed by atoms with E-state index in [0.717, 1.165) is 25.0 Å². The predicted octanol–water partition coefficient (Wildman–Crippen LogP) is 3.26. The molecule has 0 saturated carbocycles. The number of rotatable bonds is 8. The van der Waals surface area contributed by atoms with Gasteiger partial charge in [-0.05, 0) is 36.1 Å². The van der Waals surface area contributed by atoms with Crippen LogP contribution in [0.1, 0.15) is 30.9 Å². The van der Waals surface area contributed by atoms with Gasteiger partial charge < -0.3 is 16.2 Å². The highest BCUT2D eigenvalue weighted by atomic mass is 16.5. The molecule has 0 bridgehead atoms. The summed E-state index contributed by atoms with van der Waals surface area (Å²) in [6, 6.07) is 18.4. The molecule has 0 aliphatic rings. The van der Waals surface area contributed by atoms with Gasteiger partial charge in [0.25, 0.3) is 0 Å². The van der Waals surface area contributed by atoms with Crippen molar-refractivity contribution in [2.75, 3.05) is 0 Å². The van der Waals surface area contributed by atoms with Crippen LogP contribution in [0, 0.1) is 0 Å². The van der Waals surface area contributed by atoms with Gasteiger partial charge in [0.05, 0.1) is 0 Å². The summed E-state index contributed by atoms with van der Waals surface area (Å²) in [5.74, 6) is 0.874. The van der Waals surface area contributed by atoms with E-state index < -0.39 is 0 Å². The molecular formula is C19H26N2O. The third-order valence-corrected chi connectivity index (χ3v) is 3.82. The molecule has 0 radical (unpaired) electrons. The molecule has 0 heterocycles. The zero-order valence-corrected chi connectivity index (χ0v) is 13.2. The van der Waals surface area contributed by atoms with Gasteiger partial charge in [-0.1, -0.05) is 55.8 Å². The number of nitrogens with two attached hydrogens (primary N) is 2. The Hall–Kier alpha value is -1.84. The van der Waals surface area contributed by atoms with Gasteiger partial charge in [-0.3, -0.25) is 0 Å². The van der Waals surface area contributed by atoms with Gasteiger partial charge in [-0.15, -0.1) is 0 Å². The number of benzene rings is 2. The van der Waals surface area contributed by atoms with E-state index >= 15 is 0 Å². The van der Waals surface area contributed by atoms with Gasteiger partial charge in [0.1, 0.15) is 12.4 Å². The minimum absolute atomic E-state index is 0.0102. The zero-order valence-electron chi connectivity index (χ0n) is 13.2. The van der Waals surface area contributed by atoms with Crippen LogP contribution < -0.4 is 16.2 Å². The van der Waals surface area contributed by atoms with Crippen molar-refractivity contribution in [2.45, 2.75) is 44.9 Å². The summed E-state index contributed by atoms with van der Waals surface area (Å²) in [5.41, 5.74) is 14.6. The molecule has 0 aliphatic carbocycles. The quantitative estimate of drug-likeness (QED) is 0.786. The molecule has 0 aliphatic heterocycles. The van der Waals surface area contributed by atoms with Crippen LogP contribution >= 0.6 is 0 Å². The third-order valence-electron chi connectivity index (χ3n) is 3.82. The van der Waals surface area contributed by atoms with E-state index in [-0.39, 0.29) is 12.1 Å². The molecule has 2 aromatic carbocycles. The fourth-order valence-electron chi connectivity index (χ4n) is 2.43. The molecular weight excluding hydrogens is 272 g/mol. The first-order chi connectivity index (χ1) is 10.7. The van der Waals surface area contributed by atoms with Crippen molar-refractivity contribution in [3.05, 3.63) is 65.7 Å². The van der Waals surface area contributed by atoms with E-state index in [0.29, 0.717) is 6.61 Å². The summed E-state index contributed by atoms with van der Waals surface area (Å²) in [6.07, 6.45) is 2.85. The Labute approximate surface area is 133 Å². The maximum absolute atomic E-state index is 6.15. The average molecular weight is 298 g/mol. The lowest BCUT2D eigenvalue weighted by Crippen LogP contribution is -2.42. The molecule has 4 N–H and O–H groups in total. The second-order valence-corrected chi connectivity index (χ2v) is 5.74. The van der Waals surface area contributed by atoms with Gasteiger partial charge >= 0.3 is 0 Å². The van der Waals surface area contributed by atoms with Crippen LogP contribution in [0.2, 0.25) is 0 Å². The van der Waals surface area contributed by atoms with Crippen LogP contribution in [0.25, 0.3) is 0 Å². The van der Waals surface area contributed by atoms with Crippen molar-refractivity contribution in [1.29, 1.82) is 0 Å². The number of hydrogen-bond donors (Lipinski definition) is 2. The van der Waals surface area contributed by atoms with Crippen molar-refractivity contribution >= 4 is 0 Å². The second kappa shape index (κ2) is 8.57. The molecule has 0 spiro atoms. The molecule has 2 unspecified atom stereocenters. The van der Waals surface area contributed by atoms with Gasteiger partial charge in [-0.2, -0.15) is 0 Å². The van der Waals surface area contributed by atoms with Crippen molar-refractivity contribution in [2.24, 2.45) is 11.5 Å². The van der Waals surface area contributed by atoms with E-state index in [2.05, 4.69) is 31.2 Å². The smallest absolute Gasteiger partial charge is 0.119 e. The second-order valence-electron chi connectivity index (χ2n) is 5.74. The summed E-state index contributed by atoms with van der Waals surface area (Å²) in [7, 11) is 0. The van der Waals surface area contributed by atoms with Crippen LogP contribution in [0.4, 0.5) is 0 Å². The Bertz CT molecular complexity index is 539. The first-order valence-corrected chi connectivity index (χ1v) is 7.96. The molecule has 2 atom stereocenters. The van der Waals surface area contributed by atoms with Crippen LogP contribution in [-0.4, -0.2) is 12.1 Å². The lowest BCUT2D eigenvalue weighted by Gasteiger charge is -2.19. The Balaban J connectivity index is 1.85. The van der Waals surface area contributed by atoms with Gasteiger partial charge in [-0.25, -0.2) is 0 Å². The summed E-state index contributed by atoms with van der Waals surface area (Å²) >= 11 is 0. The fourth-order valence-corrected chi connectivity index (χ4v) is 2.43. The van der Waals surface area contributed by atoms with E-state index in [1.165, 1.54) is 11.1 Å². The van der Waals surface area contributed by atoms with Crippen LogP contribution in [0.15, 0.2) is 54.6 Å². The van der Waals surface area contributed by atoms with Gasteiger partial charge in [0.2, 0.25) is 0 Å². The largest absolute Gasteiger partial charge is 0.489 e. The lowest BCUT2D eigenvalue weighted by atomic mass is 9.98.